The molecule has 5 aromatic rings. The maximum Gasteiger partial charge on any atom is 0.205 e. The molecule has 0 spiro atoms. The summed E-state index contributed by atoms with van der Waals surface area (Å²) in [6.45, 7) is 0. The minimum Gasteiger partial charge on any atom is -0.461 e. The summed E-state index contributed by atoms with van der Waals surface area (Å²) in [5, 5.41) is 9.45. The van der Waals surface area contributed by atoms with Gasteiger partial charge in [-0.05, 0) is 36.4 Å². The molecule has 0 unspecified atom stereocenters. The molecule has 0 saturated carbocycles. The van der Waals surface area contributed by atoms with Crippen molar-refractivity contribution in [2.45, 2.75) is 10.9 Å². The molecule has 0 amide bonds. The molecular formula is C20H14N4O2S. The van der Waals surface area contributed by atoms with E-state index < -0.39 is 0 Å². The predicted octanol–water partition coefficient (Wildman–Crippen LogP) is 4.96. The standard InChI is InChI=1S/C20H14N4O2S/c1-2-7-14(8-3-1)24-19(17-11-6-12-25-17)22-23-20(24)27-13-18-21-15-9-4-5-10-16(15)26-18/h1-12H,13H2. The van der Waals surface area contributed by atoms with Gasteiger partial charge in [0, 0.05) is 5.69 Å². The van der Waals surface area contributed by atoms with E-state index >= 15 is 0 Å². The van der Waals surface area contributed by atoms with E-state index in [9.17, 15) is 0 Å². The van der Waals surface area contributed by atoms with Gasteiger partial charge in [0.15, 0.2) is 16.5 Å². The van der Waals surface area contributed by atoms with Crippen LogP contribution < -0.4 is 0 Å². The van der Waals surface area contributed by atoms with Crippen LogP contribution >= 0.6 is 11.8 Å². The highest BCUT2D eigenvalue weighted by Gasteiger charge is 2.18. The fourth-order valence-electron chi connectivity index (χ4n) is 2.85. The zero-order chi connectivity index (χ0) is 18.1. The molecule has 0 N–H and O–H groups in total. The molecule has 3 heterocycles. The summed E-state index contributed by atoms with van der Waals surface area (Å²) in [7, 11) is 0. The Morgan fingerprint density at radius 1 is 0.889 bits per heavy atom. The van der Waals surface area contributed by atoms with Crippen molar-refractivity contribution in [2.75, 3.05) is 0 Å². The van der Waals surface area contributed by atoms with E-state index in [4.69, 9.17) is 8.83 Å². The van der Waals surface area contributed by atoms with Gasteiger partial charge in [-0.15, -0.1) is 10.2 Å². The first kappa shape index (κ1) is 15.9. The average Bonchev–Trinajstić information content (AvgIpc) is 3.45. The molecule has 0 bridgehead atoms. The summed E-state index contributed by atoms with van der Waals surface area (Å²) >= 11 is 1.52. The SMILES string of the molecule is c1ccc(-n2c(SCc3nc4ccccc4o3)nnc2-c2ccco2)cc1. The highest BCUT2D eigenvalue weighted by molar-refractivity contribution is 7.98. The van der Waals surface area contributed by atoms with E-state index in [-0.39, 0.29) is 0 Å². The van der Waals surface area contributed by atoms with Crippen LogP contribution in [0.4, 0.5) is 0 Å². The molecule has 5 rings (SSSR count). The number of hydrogen-bond donors (Lipinski definition) is 0. The normalized spacial score (nSPS) is 11.3. The number of rotatable bonds is 5. The number of furan rings is 1. The molecule has 6 nitrogen and oxygen atoms in total. The molecule has 3 aromatic heterocycles. The highest BCUT2D eigenvalue weighted by atomic mass is 32.2. The van der Waals surface area contributed by atoms with Gasteiger partial charge < -0.3 is 8.83 Å². The van der Waals surface area contributed by atoms with Gasteiger partial charge in [-0.3, -0.25) is 4.57 Å². The van der Waals surface area contributed by atoms with Crippen molar-refractivity contribution in [1.82, 2.24) is 19.7 Å². The molecule has 0 aliphatic heterocycles. The average molecular weight is 374 g/mol. The molecular weight excluding hydrogens is 360 g/mol. The first-order valence-electron chi connectivity index (χ1n) is 8.40. The number of hydrogen-bond acceptors (Lipinski definition) is 6. The summed E-state index contributed by atoms with van der Waals surface area (Å²) in [6.07, 6.45) is 1.63. The van der Waals surface area contributed by atoms with Crippen molar-refractivity contribution in [3.8, 4) is 17.3 Å². The third-order valence-electron chi connectivity index (χ3n) is 4.05. The Hall–Kier alpha value is -3.32. The van der Waals surface area contributed by atoms with Crippen molar-refractivity contribution >= 4 is 22.9 Å². The predicted molar refractivity (Wildman–Crippen MR) is 103 cm³/mol. The Bertz CT molecular complexity index is 1150. The van der Waals surface area contributed by atoms with Crippen molar-refractivity contribution in [3.63, 3.8) is 0 Å². The van der Waals surface area contributed by atoms with E-state index in [1.807, 2.05) is 71.3 Å². The third kappa shape index (κ3) is 3.02. The number of benzene rings is 2. The van der Waals surface area contributed by atoms with Crippen LogP contribution in [-0.2, 0) is 5.75 Å². The number of thioether (sulfide) groups is 1. The van der Waals surface area contributed by atoms with Gasteiger partial charge in [0.2, 0.25) is 11.7 Å². The summed E-state index contributed by atoms with van der Waals surface area (Å²) in [5.41, 5.74) is 2.61. The van der Waals surface area contributed by atoms with E-state index in [1.54, 1.807) is 6.26 Å². The van der Waals surface area contributed by atoms with Gasteiger partial charge in [0.1, 0.15) is 5.52 Å². The van der Waals surface area contributed by atoms with E-state index in [0.29, 0.717) is 23.2 Å². The van der Waals surface area contributed by atoms with Crippen LogP contribution in [0, 0.1) is 0 Å². The zero-order valence-electron chi connectivity index (χ0n) is 14.1. The van der Waals surface area contributed by atoms with Gasteiger partial charge >= 0.3 is 0 Å². The Labute approximate surface area is 158 Å². The van der Waals surface area contributed by atoms with Gasteiger partial charge in [-0.2, -0.15) is 0 Å². The van der Waals surface area contributed by atoms with Crippen LogP contribution in [0.1, 0.15) is 5.89 Å². The van der Waals surface area contributed by atoms with Gasteiger partial charge in [0.25, 0.3) is 0 Å². The van der Waals surface area contributed by atoms with E-state index in [0.717, 1.165) is 21.9 Å². The van der Waals surface area contributed by atoms with Gasteiger partial charge in [-0.1, -0.05) is 42.1 Å². The van der Waals surface area contributed by atoms with Crippen molar-refractivity contribution < 1.29 is 8.83 Å². The number of aromatic nitrogens is 4. The van der Waals surface area contributed by atoms with Gasteiger partial charge in [0.05, 0.1) is 12.0 Å². The monoisotopic (exact) mass is 374 g/mol. The molecule has 0 atom stereocenters. The molecule has 0 fully saturated rings. The van der Waals surface area contributed by atoms with Gasteiger partial charge in [-0.25, -0.2) is 4.98 Å². The second-order valence-corrected chi connectivity index (χ2v) is 6.76. The summed E-state index contributed by atoms with van der Waals surface area (Å²) in [4.78, 5) is 4.52. The largest absolute Gasteiger partial charge is 0.461 e. The second-order valence-electron chi connectivity index (χ2n) is 5.82. The first-order chi connectivity index (χ1) is 13.4. The summed E-state index contributed by atoms with van der Waals surface area (Å²) in [5.74, 6) is 2.53. The first-order valence-corrected chi connectivity index (χ1v) is 9.39. The van der Waals surface area contributed by atoms with E-state index in [1.165, 1.54) is 11.8 Å². The molecule has 0 saturated heterocycles. The van der Waals surface area contributed by atoms with Crippen LogP contribution in [-0.4, -0.2) is 19.7 Å². The summed E-state index contributed by atoms with van der Waals surface area (Å²) in [6, 6.07) is 21.4. The number of nitrogens with zero attached hydrogens (tertiary/aromatic N) is 4. The number of oxazole rings is 1. The molecule has 0 aliphatic rings. The summed E-state index contributed by atoms with van der Waals surface area (Å²) < 4.78 is 13.3. The number of para-hydroxylation sites is 3. The molecule has 27 heavy (non-hydrogen) atoms. The molecule has 132 valence electrons. The van der Waals surface area contributed by atoms with Crippen molar-refractivity contribution in [3.05, 3.63) is 78.9 Å². The topological polar surface area (TPSA) is 69.9 Å². The molecule has 0 radical (unpaired) electrons. The minimum atomic E-state index is 0.553. The van der Waals surface area contributed by atoms with Crippen LogP contribution in [0.5, 0.6) is 0 Å². The minimum absolute atomic E-state index is 0.553. The zero-order valence-corrected chi connectivity index (χ0v) is 15.0. The van der Waals surface area contributed by atoms with E-state index in [2.05, 4.69) is 15.2 Å². The van der Waals surface area contributed by atoms with Crippen LogP contribution in [0.3, 0.4) is 0 Å². The quantitative estimate of drug-likeness (QED) is 0.405. The molecule has 7 heteroatoms. The van der Waals surface area contributed by atoms with Crippen LogP contribution in [0.25, 0.3) is 28.4 Å². The van der Waals surface area contributed by atoms with Crippen molar-refractivity contribution in [1.29, 1.82) is 0 Å². The lowest BCUT2D eigenvalue weighted by molar-refractivity contribution is 0.556. The Morgan fingerprint density at radius 3 is 2.56 bits per heavy atom. The molecule has 2 aromatic carbocycles. The fourth-order valence-corrected chi connectivity index (χ4v) is 3.64. The lowest BCUT2D eigenvalue weighted by atomic mass is 10.3. The third-order valence-corrected chi connectivity index (χ3v) is 4.97. The Balaban J connectivity index is 1.50. The lowest BCUT2D eigenvalue weighted by Gasteiger charge is -2.08. The highest BCUT2D eigenvalue weighted by Crippen LogP contribution is 2.30. The fraction of sp³-hybridized carbons (Fsp3) is 0.0500. The van der Waals surface area contributed by atoms with Crippen molar-refractivity contribution in [2.24, 2.45) is 0 Å². The lowest BCUT2D eigenvalue weighted by Crippen LogP contribution is -1.99. The maximum atomic E-state index is 5.81. The maximum absolute atomic E-state index is 5.81. The van der Waals surface area contributed by atoms with Crippen LogP contribution in [0.15, 0.2) is 87.0 Å². The Morgan fingerprint density at radius 2 is 1.74 bits per heavy atom. The molecule has 0 aliphatic carbocycles. The smallest absolute Gasteiger partial charge is 0.205 e. The van der Waals surface area contributed by atoms with Crippen LogP contribution in [0.2, 0.25) is 0 Å². The number of fused-ring (bicyclic) bond motifs is 1. The Kier molecular flexibility index (Phi) is 3.99. The second kappa shape index (κ2) is 6.77.